The molecule has 0 bridgehead atoms. The first-order chi connectivity index (χ1) is 13.9. The third-order valence-electron chi connectivity index (χ3n) is 6.21. The van der Waals surface area contributed by atoms with E-state index in [0.29, 0.717) is 37.7 Å². The van der Waals surface area contributed by atoms with Gasteiger partial charge in [-0.15, -0.1) is 0 Å². The second-order valence-corrected chi connectivity index (χ2v) is 9.40. The van der Waals surface area contributed by atoms with E-state index in [1.165, 1.54) is 5.56 Å². The summed E-state index contributed by atoms with van der Waals surface area (Å²) < 4.78 is 6.34. The van der Waals surface area contributed by atoms with Gasteiger partial charge in [-0.1, -0.05) is 44.2 Å². The minimum absolute atomic E-state index is 0.0588. The molecule has 1 aromatic rings. The zero-order valence-electron chi connectivity index (χ0n) is 18.7. The Bertz CT molecular complexity index is 626. The average molecular weight is 402 g/mol. The highest BCUT2D eigenvalue weighted by molar-refractivity contribution is 5.78. The first kappa shape index (κ1) is 22.3. The first-order valence-electron chi connectivity index (χ1n) is 11.3. The van der Waals surface area contributed by atoms with Crippen molar-refractivity contribution < 1.29 is 9.53 Å². The Balaban J connectivity index is 1.66. The summed E-state index contributed by atoms with van der Waals surface area (Å²) >= 11 is 0. The van der Waals surface area contributed by atoms with Crippen LogP contribution in [0.4, 0.5) is 0 Å². The smallest absolute Gasteiger partial charge is 0.236 e. The Morgan fingerprint density at radius 2 is 1.72 bits per heavy atom. The Morgan fingerprint density at radius 1 is 1.03 bits per heavy atom. The lowest BCUT2D eigenvalue weighted by molar-refractivity contribution is -0.132. The molecular formula is C24H39N3O2. The van der Waals surface area contributed by atoms with E-state index in [-0.39, 0.29) is 12.0 Å². The SMILES string of the molecule is CC(C)CN1C[C@H](OCc2ccccc2)CN(C2CCN(C(C)C)CC2)CC1=O. The van der Waals surface area contributed by atoms with E-state index in [1.807, 2.05) is 11.0 Å². The van der Waals surface area contributed by atoms with Crippen LogP contribution < -0.4 is 0 Å². The van der Waals surface area contributed by atoms with Gasteiger partial charge in [-0.05, 0) is 51.3 Å². The predicted molar refractivity (Wildman–Crippen MR) is 118 cm³/mol. The number of amides is 1. The topological polar surface area (TPSA) is 36.0 Å². The molecule has 3 rings (SSSR count). The van der Waals surface area contributed by atoms with Crippen molar-refractivity contribution in [1.82, 2.24) is 14.7 Å². The van der Waals surface area contributed by atoms with Crippen molar-refractivity contribution in [2.24, 2.45) is 5.92 Å². The number of benzene rings is 1. The van der Waals surface area contributed by atoms with Gasteiger partial charge in [0.15, 0.2) is 0 Å². The molecule has 1 amide bonds. The van der Waals surface area contributed by atoms with Gasteiger partial charge in [-0.25, -0.2) is 0 Å². The third-order valence-corrected chi connectivity index (χ3v) is 6.21. The molecule has 0 unspecified atom stereocenters. The molecule has 5 heteroatoms. The van der Waals surface area contributed by atoms with Gasteiger partial charge in [0.05, 0.1) is 19.3 Å². The molecule has 2 fully saturated rings. The van der Waals surface area contributed by atoms with Gasteiger partial charge in [0, 0.05) is 31.7 Å². The molecule has 0 spiro atoms. The van der Waals surface area contributed by atoms with E-state index in [9.17, 15) is 4.79 Å². The molecule has 0 saturated carbocycles. The van der Waals surface area contributed by atoms with Gasteiger partial charge in [0.25, 0.3) is 0 Å². The summed E-state index contributed by atoms with van der Waals surface area (Å²) in [5.74, 6) is 0.727. The Kier molecular flexibility index (Phi) is 8.10. The summed E-state index contributed by atoms with van der Waals surface area (Å²) in [7, 11) is 0. The number of ether oxygens (including phenoxy) is 1. The fourth-order valence-corrected chi connectivity index (χ4v) is 4.56. The second kappa shape index (κ2) is 10.6. The lowest BCUT2D eigenvalue weighted by Crippen LogP contribution is -2.49. The summed E-state index contributed by atoms with van der Waals surface area (Å²) in [5.41, 5.74) is 1.19. The average Bonchev–Trinajstić information content (AvgIpc) is 2.86. The van der Waals surface area contributed by atoms with Crippen molar-refractivity contribution in [3.05, 3.63) is 35.9 Å². The number of hydrogen-bond donors (Lipinski definition) is 0. The Hall–Kier alpha value is -1.43. The maximum atomic E-state index is 13.0. The normalized spacial score (nSPS) is 23.2. The largest absolute Gasteiger partial charge is 0.370 e. The van der Waals surface area contributed by atoms with Crippen LogP contribution in [0.5, 0.6) is 0 Å². The maximum absolute atomic E-state index is 13.0. The highest BCUT2D eigenvalue weighted by Gasteiger charge is 2.34. The molecule has 0 radical (unpaired) electrons. The predicted octanol–water partition coefficient (Wildman–Crippen LogP) is 3.24. The van der Waals surface area contributed by atoms with Crippen LogP contribution in [0.2, 0.25) is 0 Å². The maximum Gasteiger partial charge on any atom is 0.236 e. The lowest BCUT2D eigenvalue weighted by atomic mass is 10.0. The number of hydrogen-bond acceptors (Lipinski definition) is 4. The van der Waals surface area contributed by atoms with Gasteiger partial charge in [-0.3, -0.25) is 9.69 Å². The molecule has 162 valence electrons. The van der Waals surface area contributed by atoms with Crippen LogP contribution in [0.1, 0.15) is 46.1 Å². The number of carbonyl (C=O) groups is 1. The van der Waals surface area contributed by atoms with Gasteiger partial charge in [0.2, 0.25) is 5.91 Å². The number of rotatable bonds is 7. The van der Waals surface area contributed by atoms with E-state index < -0.39 is 0 Å². The fourth-order valence-electron chi connectivity index (χ4n) is 4.56. The standard InChI is InChI=1S/C24H39N3O2/c1-19(2)14-27-16-23(29-18-21-8-6-5-7-9-21)15-26(17-24(27)28)22-10-12-25(13-11-22)20(3)4/h5-9,19-20,22-23H,10-18H2,1-4H3/t23-/m1/s1. The van der Waals surface area contributed by atoms with Crippen LogP contribution in [0.3, 0.4) is 0 Å². The van der Waals surface area contributed by atoms with Crippen LogP contribution in [0, 0.1) is 5.92 Å². The van der Waals surface area contributed by atoms with Crippen molar-refractivity contribution in [1.29, 1.82) is 0 Å². The summed E-state index contributed by atoms with van der Waals surface area (Å²) in [6.07, 6.45) is 2.34. The molecule has 1 atom stereocenters. The van der Waals surface area contributed by atoms with Gasteiger partial charge in [0.1, 0.15) is 0 Å². The summed E-state index contributed by atoms with van der Waals surface area (Å²) in [5, 5.41) is 0. The van der Waals surface area contributed by atoms with Crippen molar-refractivity contribution >= 4 is 5.91 Å². The lowest BCUT2D eigenvalue weighted by Gasteiger charge is -2.39. The number of likely N-dealkylation sites (tertiary alicyclic amines) is 1. The molecule has 2 aliphatic rings. The highest BCUT2D eigenvalue weighted by Crippen LogP contribution is 2.22. The van der Waals surface area contributed by atoms with E-state index in [1.54, 1.807) is 0 Å². The van der Waals surface area contributed by atoms with Crippen molar-refractivity contribution in [2.75, 3.05) is 39.3 Å². The van der Waals surface area contributed by atoms with Crippen molar-refractivity contribution in [2.45, 2.75) is 65.3 Å². The van der Waals surface area contributed by atoms with Crippen LogP contribution >= 0.6 is 0 Å². The molecule has 2 saturated heterocycles. The number of nitrogens with zero attached hydrogens (tertiary/aromatic N) is 3. The van der Waals surface area contributed by atoms with E-state index >= 15 is 0 Å². The van der Waals surface area contributed by atoms with Crippen molar-refractivity contribution in [3.8, 4) is 0 Å². The van der Waals surface area contributed by atoms with Crippen molar-refractivity contribution in [3.63, 3.8) is 0 Å². The second-order valence-electron chi connectivity index (χ2n) is 9.40. The fraction of sp³-hybridized carbons (Fsp3) is 0.708. The molecule has 0 aliphatic carbocycles. The van der Waals surface area contributed by atoms with Crippen LogP contribution in [-0.2, 0) is 16.1 Å². The van der Waals surface area contributed by atoms with Crippen LogP contribution in [-0.4, -0.2) is 78.1 Å². The molecule has 1 aromatic carbocycles. The van der Waals surface area contributed by atoms with Gasteiger partial charge in [-0.2, -0.15) is 0 Å². The third kappa shape index (κ3) is 6.53. The van der Waals surface area contributed by atoms with E-state index in [2.05, 4.69) is 61.8 Å². The van der Waals surface area contributed by atoms with Crippen LogP contribution in [0.15, 0.2) is 30.3 Å². The molecule has 29 heavy (non-hydrogen) atoms. The summed E-state index contributed by atoms with van der Waals surface area (Å²) in [4.78, 5) is 20.0. The Labute approximate surface area is 177 Å². The zero-order chi connectivity index (χ0) is 20.8. The molecule has 5 nitrogen and oxygen atoms in total. The monoisotopic (exact) mass is 401 g/mol. The highest BCUT2D eigenvalue weighted by atomic mass is 16.5. The quantitative estimate of drug-likeness (QED) is 0.703. The zero-order valence-corrected chi connectivity index (χ0v) is 18.7. The van der Waals surface area contributed by atoms with Gasteiger partial charge >= 0.3 is 0 Å². The van der Waals surface area contributed by atoms with E-state index in [4.69, 9.17) is 4.74 Å². The molecule has 2 aliphatic heterocycles. The molecule has 0 aromatic heterocycles. The Morgan fingerprint density at radius 3 is 2.34 bits per heavy atom. The summed E-state index contributed by atoms with van der Waals surface area (Å²) in [6.45, 7) is 14.6. The number of carbonyl (C=O) groups excluding carboxylic acids is 1. The molecular weight excluding hydrogens is 362 g/mol. The molecule has 0 N–H and O–H groups in total. The minimum Gasteiger partial charge on any atom is -0.370 e. The van der Waals surface area contributed by atoms with E-state index in [0.717, 1.165) is 39.0 Å². The minimum atomic E-state index is 0.0588. The van der Waals surface area contributed by atoms with Gasteiger partial charge < -0.3 is 14.5 Å². The first-order valence-corrected chi connectivity index (χ1v) is 11.3. The molecule has 2 heterocycles. The van der Waals surface area contributed by atoms with Crippen LogP contribution in [0.25, 0.3) is 0 Å². The number of piperidine rings is 1. The summed E-state index contributed by atoms with van der Waals surface area (Å²) in [6, 6.07) is 11.4.